The van der Waals surface area contributed by atoms with E-state index in [0.29, 0.717) is 19.1 Å². The van der Waals surface area contributed by atoms with Gasteiger partial charge in [0.25, 0.3) is 0 Å². The van der Waals surface area contributed by atoms with Gasteiger partial charge in [0.1, 0.15) is 5.60 Å². The number of piperazine rings is 1. The van der Waals surface area contributed by atoms with Crippen LogP contribution in [0, 0.1) is 0 Å². The molecule has 6 nitrogen and oxygen atoms in total. The van der Waals surface area contributed by atoms with Crippen molar-refractivity contribution in [2.45, 2.75) is 45.3 Å². The fraction of sp³-hybridized carbons (Fsp3) is 0.867. The fourth-order valence-corrected chi connectivity index (χ4v) is 2.97. The first-order chi connectivity index (χ1) is 9.83. The molecular weight excluding hydrogens is 270 g/mol. The van der Waals surface area contributed by atoms with Crippen LogP contribution in [0.3, 0.4) is 0 Å². The Morgan fingerprint density at radius 3 is 2.52 bits per heavy atom. The lowest BCUT2D eigenvalue weighted by atomic mass is 10.0. The average Bonchev–Trinajstić information content (AvgIpc) is 2.37. The Hall–Kier alpha value is -1.14. The van der Waals surface area contributed by atoms with E-state index in [-0.39, 0.29) is 11.9 Å². The summed E-state index contributed by atoms with van der Waals surface area (Å²) in [6.45, 7) is 10.0. The number of nitrogens with one attached hydrogen (secondary N) is 1. The fourth-order valence-electron chi connectivity index (χ4n) is 2.97. The molecule has 0 saturated carbocycles. The van der Waals surface area contributed by atoms with E-state index < -0.39 is 5.60 Å². The van der Waals surface area contributed by atoms with Crippen molar-refractivity contribution in [3.05, 3.63) is 0 Å². The Labute approximate surface area is 126 Å². The predicted octanol–water partition coefficient (Wildman–Crippen LogP) is 0.224. The molecule has 0 radical (unpaired) electrons. The van der Waals surface area contributed by atoms with Crippen molar-refractivity contribution in [2.75, 3.05) is 39.3 Å². The van der Waals surface area contributed by atoms with Gasteiger partial charge in [-0.2, -0.15) is 0 Å². The molecule has 0 aromatic heterocycles. The number of likely N-dealkylation sites (tertiary alicyclic amines) is 1. The molecule has 2 aliphatic heterocycles. The van der Waals surface area contributed by atoms with Gasteiger partial charge < -0.3 is 10.1 Å². The number of ether oxygens (including phenoxy) is 1. The largest absolute Gasteiger partial charge is 0.459 e. The van der Waals surface area contributed by atoms with Crippen LogP contribution in [-0.4, -0.2) is 72.6 Å². The zero-order valence-electron chi connectivity index (χ0n) is 13.4. The number of piperidine rings is 1. The molecule has 0 unspecified atom stereocenters. The van der Waals surface area contributed by atoms with Crippen LogP contribution in [0.5, 0.6) is 0 Å². The molecule has 21 heavy (non-hydrogen) atoms. The van der Waals surface area contributed by atoms with E-state index in [9.17, 15) is 9.59 Å². The summed E-state index contributed by atoms with van der Waals surface area (Å²) < 4.78 is 5.35. The SMILES string of the molecule is CC(C)(C)OC(=O)CN1CCC(N2CCNC(=O)C2)CC1. The summed E-state index contributed by atoms with van der Waals surface area (Å²) in [6, 6.07) is 0.464. The van der Waals surface area contributed by atoms with E-state index in [1.54, 1.807) is 0 Å². The van der Waals surface area contributed by atoms with Gasteiger partial charge in [-0.1, -0.05) is 0 Å². The number of carbonyl (C=O) groups is 2. The van der Waals surface area contributed by atoms with Crippen LogP contribution >= 0.6 is 0 Å². The van der Waals surface area contributed by atoms with Crippen LogP contribution in [0.25, 0.3) is 0 Å². The zero-order valence-corrected chi connectivity index (χ0v) is 13.4. The standard InChI is InChI=1S/C15H27N3O3/c1-15(2,3)21-14(20)11-17-7-4-12(5-8-17)18-9-6-16-13(19)10-18/h12H,4-11H2,1-3H3,(H,16,19). The summed E-state index contributed by atoms with van der Waals surface area (Å²) in [5.74, 6) is -0.0317. The summed E-state index contributed by atoms with van der Waals surface area (Å²) in [5, 5.41) is 2.86. The minimum absolute atomic E-state index is 0.123. The molecular formula is C15H27N3O3. The van der Waals surface area contributed by atoms with E-state index in [1.807, 2.05) is 20.8 Å². The summed E-state index contributed by atoms with van der Waals surface area (Å²) >= 11 is 0. The molecule has 2 aliphatic rings. The molecule has 0 spiro atoms. The van der Waals surface area contributed by atoms with Gasteiger partial charge in [-0.3, -0.25) is 19.4 Å². The molecule has 0 atom stereocenters. The third kappa shape index (κ3) is 5.28. The Bertz CT molecular complexity index is 384. The van der Waals surface area contributed by atoms with Gasteiger partial charge in [0.05, 0.1) is 13.1 Å². The molecule has 6 heteroatoms. The Morgan fingerprint density at radius 1 is 1.29 bits per heavy atom. The van der Waals surface area contributed by atoms with Gasteiger partial charge in [-0.05, 0) is 33.6 Å². The van der Waals surface area contributed by atoms with Crippen LogP contribution in [0.1, 0.15) is 33.6 Å². The van der Waals surface area contributed by atoms with Crippen molar-refractivity contribution in [1.29, 1.82) is 0 Å². The van der Waals surface area contributed by atoms with Gasteiger partial charge in [-0.25, -0.2) is 0 Å². The van der Waals surface area contributed by atoms with E-state index in [0.717, 1.165) is 39.0 Å². The number of nitrogens with zero attached hydrogens (tertiary/aromatic N) is 2. The van der Waals surface area contributed by atoms with Crippen molar-refractivity contribution in [3.8, 4) is 0 Å². The number of esters is 1. The molecule has 0 aromatic rings. The maximum Gasteiger partial charge on any atom is 0.320 e. The van der Waals surface area contributed by atoms with Crippen LogP contribution < -0.4 is 5.32 Å². The number of hydrogen-bond acceptors (Lipinski definition) is 5. The summed E-state index contributed by atoms with van der Waals surface area (Å²) in [5.41, 5.74) is -0.420. The molecule has 1 amide bonds. The lowest BCUT2D eigenvalue weighted by Gasteiger charge is -2.39. The predicted molar refractivity (Wildman–Crippen MR) is 79.9 cm³/mol. The first kappa shape index (κ1) is 16.2. The Morgan fingerprint density at radius 2 is 1.95 bits per heavy atom. The van der Waals surface area contributed by atoms with Crippen LogP contribution in [0.15, 0.2) is 0 Å². The van der Waals surface area contributed by atoms with Crippen LogP contribution in [-0.2, 0) is 14.3 Å². The number of rotatable bonds is 3. The first-order valence-corrected chi connectivity index (χ1v) is 7.78. The maximum atomic E-state index is 11.8. The van der Waals surface area contributed by atoms with Gasteiger partial charge in [0.15, 0.2) is 0 Å². The first-order valence-electron chi connectivity index (χ1n) is 7.78. The highest BCUT2D eigenvalue weighted by molar-refractivity contribution is 5.78. The summed E-state index contributed by atoms with van der Waals surface area (Å²) in [4.78, 5) is 27.7. The molecule has 0 aromatic carbocycles. The Balaban J connectivity index is 1.73. The average molecular weight is 297 g/mol. The lowest BCUT2D eigenvalue weighted by Crippen LogP contribution is -2.54. The molecule has 2 rings (SSSR count). The summed E-state index contributed by atoms with van der Waals surface area (Å²) in [7, 11) is 0. The third-order valence-electron chi connectivity index (χ3n) is 3.91. The van der Waals surface area contributed by atoms with Crippen molar-refractivity contribution in [2.24, 2.45) is 0 Å². The highest BCUT2D eigenvalue weighted by Crippen LogP contribution is 2.17. The number of amides is 1. The topological polar surface area (TPSA) is 61.9 Å². The van der Waals surface area contributed by atoms with Gasteiger partial charge >= 0.3 is 5.97 Å². The van der Waals surface area contributed by atoms with E-state index in [4.69, 9.17) is 4.74 Å². The minimum atomic E-state index is -0.420. The van der Waals surface area contributed by atoms with Crippen molar-refractivity contribution < 1.29 is 14.3 Å². The minimum Gasteiger partial charge on any atom is -0.459 e. The quantitative estimate of drug-likeness (QED) is 0.755. The van der Waals surface area contributed by atoms with E-state index >= 15 is 0 Å². The molecule has 2 heterocycles. The second kappa shape index (κ2) is 6.75. The Kier molecular flexibility index (Phi) is 5.22. The molecule has 2 fully saturated rings. The summed E-state index contributed by atoms with van der Waals surface area (Å²) in [6.07, 6.45) is 2.02. The molecule has 0 aliphatic carbocycles. The van der Waals surface area contributed by atoms with Crippen molar-refractivity contribution >= 4 is 11.9 Å². The van der Waals surface area contributed by atoms with Crippen molar-refractivity contribution in [1.82, 2.24) is 15.1 Å². The third-order valence-corrected chi connectivity index (χ3v) is 3.91. The smallest absolute Gasteiger partial charge is 0.320 e. The van der Waals surface area contributed by atoms with Crippen LogP contribution in [0.4, 0.5) is 0 Å². The second-order valence-corrected chi connectivity index (χ2v) is 6.91. The normalized spacial score (nSPS) is 22.9. The van der Waals surface area contributed by atoms with E-state index in [2.05, 4.69) is 15.1 Å². The van der Waals surface area contributed by atoms with Crippen LogP contribution in [0.2, 0.25) is 0 Å². The number of hydrogen-bond donors (Lipinski definition) is 1. The molecule has 2 saturated heterocycles. The maximum absolute atomic E-state index is 11.8. The number of carbonyl (C=O) groups excluding carboxylic acids is 2. The molecule has 0 bridgehead atoms. The van der Waals surface area contributed by atoms with Gasteiger partial charge in [0.2, 0.25) is 5.91 Å². The van der Waals surface area contributed by atoms with E-state index in [1.165, 1.54) is 0 Å². The van der Waals surface area contributed by atoms with Gasteiger partial charge in [0, 0.05) is 32.2 Å². The highest BCUT2D eigenvalue weighted by Gasteiger charge is 2.29. The van der Waals surface area contributed by atoms with Gasteiger partial charge in [-0.15, -0.1) is 0 Å². The molecule has 1 N–H and O–H groups in total. The highest BCUT2D eigenvalue weighted by atomic mass is 16.6. The van der Waals surface area contributed by atoms with Crippen molar-refractivity contribution in [3.63, 3.8) is 0 Å². The monoisotopic (exact) mass is 297 g/mol. The lowest BCUT2D eigenvalue weighted by molar-refractivity contribution is -0.156. The second-order valence-electron chi connectivity index (χ2n) is 6.91. The molecule has 120 valence electrons. The zero-order chi connectivity index (χ0) is 15.5.